The highest BCUT2D eigenvalue weighted by Gasteiger charge is 2.47. The van der Waals surface area contributed by atoms with Crippen molar-refractivity contribution in [3.63, 3.8) is 0 Å². The number of aromatic nitrogens is 3. The molecule has 0 fully saturated rings. The van der Waals surface area contributed by atoms with E-state index in [0.717, 1.165) is 12.0 Å². The lowest BCUT2D eigenvalue weighted by atomic mass is 10.0. The van der Waals surface area contributed by atoms with Gasteiger partial charge in [0, 0.05) is 22.8 Å². The molecule has 0 saturated heterocycles. The fourth-order valence-corrected chi connectivity index (χ4v) is 4.64. The highest BCUT2D eigenvalue weighted by Crippen LogP contribution is 2.31. The van der Waals surface area contributed by atoms with Crippen LogP contribution >= 0.6 is 11.6 Å². The maximum absolute atomic E-state index is 13.9. The minimum absolute atomic E-state index is 0.0950. The number of carbonyl (C=O) groups excluding carboxylic acids is 2. The SMILES string of the molecule is CCCc1[nH]n(-c2cccc(Cl)c2)c(=O)c1C1=C([n+]2ccccc2)C(=O)N(Cc2ccccc2)C1=O. The van der Waals surface area contributed by atoms with Gasteiger partial charge in [-0.1, -0.05) is 67.4 Å². The second kappa shape index (κ2) is 9.79. The smallest absolute Gasteiger partial charge is 0.294 e. The maximum atomic E-state index is 13.9. The summed E-state index contributed by atoms with van der Waals surface area (Å²) in [6.45, 7) is 2.10. The van der Waals surface area contributed by atoms with Gasteiger partial charge in [-0.15, -0.1) is 0 Å². The van der Waals surface area contributed by atoms with Crippen molar-refractivity contribution < 1.29 is 14.2 Å². The van der Waals surface area contributed by atoms with Crippen LogP contribution in [0.5, 0.6) is 0 Å². The Hall–Kier alpha value is -4.23. The zero-order valence-corrected chi connectivity index (χ0v) is 20.4. The number of H-pyrrole nitrogens is 1. The zero-order valence-electron chi connectivity index (χ0n) is 19.6. The molecule has 1 aliphatic rings. The number of nitrogens with one attached hydrogen (secondary N) is 1. The summed E-state index contributed by atoms with van der Waals surface area (Å²) in [7, 11) is 0. The number of halogens is 1. The molecule has 5 rings (SSSR count). The van der Waals surface area contributed by atoms with Gasteiger partial charge in [0.15, 0.2) is 12.4 Å². The molecule has 0 spiro atoms. The third-order valence-corrected chi connectivity index (χ3v) is 6.32. The highest BCUT2D eigenvalue weighted by atomic mass is 35.5. The number of benzene rings is 2. The highest BCUT2D eigenvalue weighted by molar-refractivity contribution is 6.44. The number of aryl methyl sites for hydroxylation is 1. The molecule has 4 aromatic rings. The van der Waals surface area contributed by atoms with Crippen LogP contribution in [0.1, 0.15) is 30.2 Å². The van der Waals surface area contributed by atoms with E-state index in [0.29, 0.717) is 22.8 Å². The average molecular weight is 500 g/mol. The Kier molecular flexibility index (Phi) is 6.40. The van der Waals surface area contributed by atoms with Crippen molar-refractivity contribution >= 4 is 34.7 Å². The van der Waals surface area contributed by atoms with E-state index >= 15 is 0 Å². The minimum Gasteiger partial charge on any atom is -0.294 e. The third kappa shape index (κ3) is 4.18. The van der Waals surface area contributed by atoms with E-state index in [1.807, 2.05) is 43.3 Å². The molecule has 0 bridgehead atoms. The first kappa shape index (κ1) is 23.5. The maximum Gasteiger partial charge on any atom is 0.327 e. The Morgan fingerprint density at radius 3 is 2.31 bits per heavy atom. The number of aromatic amines is 1. The minimum atomic E-state index is -0.498. The molecule has 2 aromatic carbocycles. The van der Waals surface area contributed by atoms with Crippen molar-refractivity contribution in [2.75, 3.05) is 0 Å². The number of carbonyl (C=O) groups is 2. The van der Waals surface area contributed by atoms with E-state index in [-0.39, 0.29) is 23.4 Å². The number of rotatable bonds is 7. The summed E-state index contributed by atoms with van der Waals surface area (Å²) in [5.41, 5.74) is 2.00. The predicted octanol–water partition coefficient (Wildman–Crippen LogP) is 4.00. The van der Waals surface area contributed by atoms with E-state index in [1.54, 1.807) is 53.4 Å². The van der Waals surface area contributed by atoms with Gasteiger partial charge < -0.3 is 0 Å². The molecule has 0 atom stereocenters. The Morgan fingerprint density at radius 1 is 0.889 bits per heavy atom. The second-order valence-corrected chi connectivity index (χ2v) is 8.96. The van der Waals surface area contributed by atoms with Crippen LogP contribution in [0.25, 0.3) is 17.0 Å². The van der Waals surface area contributed by atoms with Crippen molar-refractivity contribution in [1.82, 2.24) is 14.7 Å². The van der Waals surface area contributed by atoms with E-state index in [1.165, 1.54) is 9.58 Å². The average Bonchev–Trinajstić information content (AvgIpc) is 3.33. The molecule has 1 aliphatic heterocycles. The molecule has 0 unspecified atom stereocenters. The van der Waals surface area contributed by atoms with Crippen molar-refractivity contribution in [2.24, 2.45) is 0 Å². The lowest BCUT2D eigenvalue weighted by molar-refractivity contribution is -0.576. The topological polar surface area (TPSA) is 79.1 Å². The molecule has 180 valence electrons. The van der Waals surface area contributed by atoms with Gasteiger partial charge in [-0.3, -0.25) is 24.4 Å². The Bertz CT molecular complexity index is 1540. The molecule has 0 saturated carbocycles. The van der Waals surface area contributed by atoms with Gasteiger partial charge in [-0.25, -0.2) is 4.68 Å². The molecular weight excluding hydrogens is 476 g/mol. The Balaban J connectivity index is 1.72. The molecule has 3 heterocycles. The van der Waals surface area contributed by atoms with E-state index in [9.17, 15) is 14.4 Å². The van der Waals surface area contributed by atoms with Gasteiger partial charge >= 0.3 is 5.91 Å². The van der Waals surface area contributed by atoms with Gasteiger partial charge in [-0.2, -0.15) is 4.57 Å². The quantitative estimate of drug-likeness (QED) is 0.308. The van der Waals surface area contributed by atoms with Crippen LogP contribution in [0.15, 0.2) is 90.0 Å². The van der Waals surface area contributed by atoms with Gasteiger partial charge in [0.1, 0.15) is 5.57 Å². The Labute approximate surface area is 212 Å². The lowest BCUT2D eigenvalue weighted by Crippen LogP contribution is -2.39. The summed E-state index contributed by atoms with van der Waals surface area (Å²) in [6.07, 6.45) is 4.66. The van der Waals surface area contributed by atoms with Gasteiger partial charge in [0.05, 0.1) is 17.8 Å². The first-order valence-electron chi connectivity index (χ1n) is 11.7. The van der Waals surface area contributed by atoms with Crippen LogP contribution in [0.2, 0.25) is 5.02 Å². The van der Waals surface area contributed by atoms with Crippen LogP contribution in [0.3, 0.4) is 0 Å². The lowest BCUT2D eigenvalue weighted by Gasteiger charge is -2.13. The molecule has 2 amide bonds. The summed E-state index contributed by atoms with van der Waals surface area (Å²) in [5, 5.41) is 3.64. The largest absolute Gasteiger partial charge is 0.327 e. The first-order chi connectivity index (χ1) is 17.5. The molecule has 8 heteroatoms. The van der Waals surface area contributed by atoms with E-state index < -0.39 is 17.4 Å². The monoisotopic (exact) mass is 499 g/mol. The van der Waals surface area contributed by atoms with Crippen molar-refractivity contribution in [3.05, 3.63) is 117 Å². The van der Waals surface area contributed by atoms with Gasteiger partial charge in [0.2, 0.25) is 0 Å². The normalized spacial score (nSPS) is 13.7. The van der Waals surface area contributed by atoms with E-state index in [2.05, 4.69) is 5.10 Å². The molecule has 2 aromatic heterocycles. The summed E-state index contributed by atoms with van der Waals surface area (Å²) in [6, 6.07) is 21.6. The third-order valence-electron chi connectivity index (χ3n) is 6.08. The number of hydrogen-bond acceptors (Lipinski definition) is 3. The van der Waals surface area contributed by atoms with Crippen LogP contribution in [-0.2, 0) is 22.6 Å². The van der Waals surface area contributed by atoms with Crippen molar-refractivity contribution in [1.29, 1.82) is 0 Å². The number of nitrogens with zero attached hydrogens (tertiary/aromatic N) is 3. The molecule has 36 heavy (non-hydrogen) atoms. The van der Waals surface area contributed by atoms with E-state index in [4.69, 9.17) is 11.6 Å². The van der Waals surface area contributed by atoms with Crippen LogP contribution in [-0.4, -0.2) is 26.5 Å². The molecular formula is C28H24ClN4O3+. The van der Waals surface area contributed by atoms with Crippen LogP contribution < -0.4 is 10.1 Å². The number of hydrogen-bond donors (Lipinski definition) is 1. The Morgan fingerprint density at radius 2 is 1.61 bits per heavy atom. The summed E-state index contributed by atoms with van der Waals surface area (Å²) < 4.78 is 2.98. The summed E-state index contributed by atoms with van der Waals surface area (Å²) >= 11 is 6.18. The zero-order chi connectivity index (χ0) is 25.2. The predicted molar refractivity (Wildman–Crippen MR) is 137 cm³/mol. The molecule has 0 radical (unpaired) electrons. The summed E-state index contributed by atoms with van der Waals surface area (Å²) in [5.74, 6) is -0.950. The van der Waals surface area contributed by atoms with Crippen LogP contribution in [0, 0.1) is 0 Å². The second-order valence-electron chi connectivity index (χ2n) is 8.52. The number of pyridine rings is 1. The molecule has 0 aliphatic carbocycles. The fourth-order valence-electron chi connectivity index (χ4n) is 4.45. The van der Waals surface area contributed by atoms with Gasteiger partial charge in [-0.05, 0) is 30.2 Å². The van der Waals surface area contributed by atoms with Crippen molar-refractivity contribution in [2.45, 2.75) is 26.3 Å². The molecule has 7 nitrogen and oxygen atoms in total. The van der Waals surface area contributed by atoms with Gasteiger partial charge in [0.25, 0.3) is 17.2 Å². The standard InChI is InChI=1S/C28H23ClN4O3/c1-2-10-22-23(27(35)33(30-22)21-14-9-13-20(29)17-21)24-25(31-15-7-4-8-16-31)28(36)32(26(24)34)18-19-11-5-3-6-12-19/h3-9,11-17H,2,10,18H2,1H3/p+1. The number of imide groups is 1. The number of amides is 2. The van der Waals surface area contributed by atoms with Crippen molar-refractivity contribution in [3.8, 4) is 5.69 Å². The first-order valence-corrected chi connectivity index (χ1v) is 12.1. The fraction of sp³-hybridized carbons (Fsp3) is 0.143. The van der Waals surface area contributed by atoms with Crippen LogP contribution in [0.4, 0.5) is 0 Å². The molecule has 1 N–H and O–H groups in total. The summed E-state index contributed by atoms with van der Waals surface area (Å²) in [4.78, 5) is 42.6.